The van der Waals surface area contributed by atoms with E-state index in [1.165, 1.54) is 12.1 Å². The first-order valence-electron chi connectivity index (χ1n) is 7.17. The van der Waals surface area contributed by atoms with Gasteiger partial charge in [-0.05, 0) is 52.7 Å². The minimum Gasteiger partial charge on any atom is -0.382 e. The lowest BCUT2D eigenvalue weighted by molar-refractivity contribution is -0.137. The summed E-state index contributed by atoms with van der Waals surface area (Å²) in [6.07, 6.45) is -1.55. The molecule has 0 aliphatic heterocycles. The summed E-state index contributed by atoms with van der Waals surface area (Å²) in [5.41, 5.74) is 2.56. The van der Waals surface area contributed by atoms with Gasteiger partial charge in [0.05, 0.1) is 11.3 Å². The van der Waals surface area contributed by atoms with Gasteiger partial charge in [0.15, 0.2) is 0 Å². The summed E-state index contributed by atoms with van der Waals surface area (Å²) in [5.74, 6) is 0. The second-order valence-corrected chi connectivity index (χ2v) is 6.66. The molecule has 1 aliphatic rings. The lowest BCUT2D eigenvalue weighted by Gasteiger charge is -2.16. The number of hydrogen-bond acceptors (Lipinski definition) is 1. The van der Waals surface area contributed by atoms with Gasteiger partial charge in [0.2, 0.25) is 0 Å². The molecule has 6 heteroatoms. The van der Waals surface area contributed by atoms with E-state index < -0.39 is 17.8 Å². The van der Waals surface area contributed by atoms with Crippen molar-refractivity contribution >= 4 is 22.0 Å². The van der Waals surface area contributed by atoms with Gasteiger partial charge >= 0.3 is 6.18 Å². The van der Waals surface area contributed by atoms with Crippen LogP contribution in [0, 0.1) is 0 Å². The topological polar surface area (TPSA) is 25.2 Å². The molecule has 1 aromatic carbocycles. The Morgan fingerprint density at radius 3 is 2.43 bits per heavy atom. The number of hydrogen-bond donors (Lipinski definition) is 1. The molecular formula is C17H15BrF3NO. The number of aliphatic hydroxyl groups excluding tert-OH is 1. The molecule has 122 valence electrons. The smallest absolute Gasteiger partial charge is 0.382 e. The van der Waals surface area contributed by atoms with Gasteiger partial charge < -0.3 is 9.67 Å². The van der Waals surface area contributed by atoms with Crippen LogP contribution >= 0.6 is 15.9 Å². The van der Waals surface area contributed by atoms with Crippen LogP contribution in [0.3, 0.4) is 0 Å². The van der Waals surface area contributed by atoms with Gasteiger partial charge in [-0.25, -0.2) is 0 Å². The normalized spacial score (nSPS) is 16.0. The van der Waals surface area contributed by atoms with Crippen LogP contribution in [0.1, 0.15) is 40.6 Å². The summed E-state index contributed by atoms with van der Waals surface area (Å²) in [4.78, 5) is 0. The molecule has 0 amide bonds. The first-order valence-corrected chi connectivity index (χ1v) is 7.96. The Labute approximate surface area is 140 Å². The average Bonchev–Trinajstić information content (AvgIpc) is 2.82. The van der Waals surface area contributed by atoms with Crippen LogP contribution in [0.15, 0.2) is 34.8 Å². The molecule has 0 radical (unpaired) electrons. The van der Waals surface area contributed by atoms with Gasteiger partial charge in [0.1, 0.15) is 6.10 Å². The summed E-state index contributed by atoms with van der Waals surface area (Å²) < 4.78 is 40.9. The molecule has 1 unspecified atom stereocenters. The van der Waals surface area contributed by atoms with Crippen molar-refractivity contribution in [1.29, 1.82) is 0 Å². The van der Waals surface area contributed by atoms with Crippen molar-refractivity contribution in [3.63, 3.8) is 0 Å². The Morgan fingerprint density at radius 1 is 1.17 bits per heavy atom. The largest absolute Gasteiger partial charge is 0.416 e. The Bertz CT molecular complexity index is 759. The standard InChI is InChI=1S/C17H15BrF3NO/c1-22-14-7-6-13(18)8-11(14)9-15(22)16(23)10-2-4-12(5-3-10)17(19,20)21/h2-5,8-9,16,23H,6-7H2,1H3. The summed E-state index contributed by atoms with van der Waals surface area (Å²) in [6, 6.07) is 6.53. The molecule has 0 fully saturated rings. The van der Waals surface area contributed by atoms with Gasteiger partial charge in [-0.3, -0.25) is 0 Å². The molecule has 1 atom stereocenters. The van der Waals surface area contributed by atoms with E-state index in [9.17, 15) is 18.3 Å². The van der Waals surface area contributed by atoms with E-state index in [0.29, 0.717) is 11.3 Å². The molecule has 1 aromatic heterocycles. The molecule has 0 saturated heterocycles. The number of rotatable bonds is 2. The van der Waals surface area contributed by atoms with E-state index in [4.69, 9.17) is 0 Å². The second-order valence-electron chi connectivity index (χ2n) is 5.64. The van der Waals surface area contributed by atoms with Crippen molar-refractivity contribution in [3.05, 3.63) is 62.9 Å². The quantitative estimate of drug-likeness (QED) is 0.788. The van der Waals surface area contributed by atoms with Crippen LogP contribution in [-0.2, 0) is 19.6 Å². The fraction of sp³-hybridized carbons (Fsp3) is 0.294. The maximum Gasteiger partial charge on any atom is 0.416 e. The Balaban J connectivity index is 1.94. The predicted octanol–water partition coefficient (Wildman–Crippen LogP) is 4.81. The van der Waals surface area contributed by atoms with Crippen molar-refractivity contribution in [3.8, 4) is 0 Å². The molecular weight excluding hydrogens is 371 g/mol. The van der Waals surface area contributed by atoms with E-state index >= 15 is 0 Å². The van der Waals surface area contributed by atoms with Gasteiger partial charge in [0.25, 0.3) is 0 Å². The zero-order chi connectivity index (χ0) is 16.8. The third kappa shape index (κ3) is 3.10. The fourth-order valence-corrected chi connectivity index (χ4v) is 3.34. The lowest BCUT2D eigenvalue weighted by atomic mass is 10.0. The van der Waals surface area contributed by atoms with E-state index in [1.807, 2.05) is 23.8 Å². The molecule has 0 saturated carbocycles. The van der Waals surface area contributed by atoms with Gasteiger partial charge in [-0.2, -0.15) is 13.2 Å². The van der Waals surface area contributed by atoms with Crippen LogP contribution < -0.4 is 0 Å². The molecule has 1 N–H and O–H groups in total. The number of fused-ring (bicyclic) bond motifs is 1. The predicted molar refractivity (Wildman–Crippen MR) is 86.1 cm³/mol. The second kappa shape index (κ2) is 5.83. The lowest BCUT2D eigenvalue weighted by Crippen LogP contribution is -2.09. The van der Waals surface area contributed by atoms with E-state index in [-0.39, 0.29) is 0 Å². The van der Waals surface area contributed by atoms with E-state index in [0.717, 1.165) is 40.7 Å². The highest BCUT2D eigenvalue weighted by atomic mass is 79.9. The minimum atomic E-state index is -4.37. The summed E-state index contributed by atoms with van der Waals surface area (Å²) in [7, 11) is 1.87. The van der Waals surface area contributed by atoms with Crippen LogP contribution in [0.5, 0.6) is 0 Å². The third-order valence-corrected chi connectivity index (χ3v) is 4.80. The summed E-state index contributed by atoms with van der Waals surface area (Å²) >= 11 is 3.48. The van der Waals surface area contributed by atoms with E-state index in [1.54, 1.807) is 0 Å². The van der Waals surface area contributed by atoms with Gasteiger partial charge in [0, 0.05) is 12.7 Å². The average molecular weight is 386 g/mol. The third-order valence-electron chi connectivity index (χ3n) is 4.18. The van der Waals surface area contributed by atoms with Gasteiger partial charge in [-0.1, -0.05) is 28.1 Å². The zero-order valence-corrected chi connectivity index (χ0v) is 13.9. The van der Waals surface area contributed by atoms with Crippen molar-refractivity contribution in [1.82, 2.24) is 4.57 Å². The molecule has 1 heterocycles. The maximum atomic E-state index is 12.6. The van der Waals surface area contributed by atoms with Crippen molar-refractivity contribution in [2.45, 2.75) is 25.1 Å². The number of aromatic nitrogens is 1. The minimum absolute atomic E-state index is 0.444. The SMILES string of the molecule is Cn1c(C(O)c2ccc(C(F)(F)F)cc2)cc2c1CCC(Br)=C2. The Hall–Kier alpha value is -1.53. The number of halogens is 4. The number of benzene rings is 1. The number of aliphatic hydroxyl groups is 1. The maximum absolute atomic E-state index is 12.6. The molecule has 1 aliphatic carbocycles. The van der Waals surface area contributed by atoms with Crippen molar-refractivity contribution in [2.75, 3.05) is 0 Å². The van der Waals surface area contributed by atoms with Crippen LogP contribution in [-0.4, -0.2) is 9.67 Å². The number of nitrogens with zero attached hydrogens (tertiary/aromatic N) is 1. The zero-order valence-electron chi connectivity index (χ0n) is 12.4. The molecule has 2 aromatic rings. The number of alkyl halides is 3. The van der Waals surface area contributed by atoms with Gasteiger partial charge in [-0.15, -0.1) is 0 Å². The molecule has 0 spiro atoms. The first-order chi connectivity index (χ1) is 10.8. The molecule has 0 bridgehead atoms. The molecule has 3 rings (SSSR count). The highest BCUT2D eigenvalue weighted by Gasteiger charge is 2.30. The van der Waals surface area contributed by atoms with Crippen molar-refractivity contribution in [2.24, 2.45) is 7.05 Å². The highest BCUT2D eigenvalue weighted by Crippen LogP contribution is 2.34. The fourth-order valence-electron chi connectivity index (χ4n) is 2.89. The van der Waals surface area contributed by atoms with Crippen LogP contribution in [0.25, 0.3) is 6.08 Å². The van der Waals surface area contributed by atoms with Crippen LogP contribution in [0.4, 0.5) is 13.2 Å². The van der Waals surface area contributed by atoms with Crippen molar-refractivity contribution < 1.29 is 18.3 Å². The van der Waals surface area contributed by atoms with E-state index in [2.05, 4.69) is 15.9 Å². The molecule has 2 nitrogen and oxygen atoms in total. The first kappa shape index (κ1) is 16.3. The summed E-state index contributed by atoms with van der Waals surface area (Å²) in [5, 5.41) is 10.5. The van der Waals surface area contributed by atoms with Crippen LogP contribution in [0.2, 0.25) is 0 Å². The monoisotopic (exact) mass is 385 g/mol. The Kier molecular flexibility index (Phi) is 4.14. The number of allylic oxidation sites excluding steroid dienone is 1. The molecule has 23 heavy (non-hydrogen) atoms. The summed E-state index contributed by atoms with van der Waals surface area (Å²) in [6.45, 7) is 0. The highest BCUT2D eigenvalue weighted by molar-refractivity contribution is 9.11. The Morgan fingerprint density at radius 2 is 1.83 bits per heavy atom.